The Labute approximate surface area is 137 Å². The molecular weight excluding hydrogens is 395 g/mol. The molecule has 3 heterocycles. The summed E-state index contributed by atoms with van der Waals surface area (Å²) in [6.45, 7) is 0. The second-order valence-corrected chi connectivity index (χ2v) is 8.18. The molecule has 0 bridgehead atoms. The Hall–Kier alpha value is -0.439. The molecule has 3 rings (SSSR count). The Kier molecular flexibility index (Phi) is 3.91. The average molecular weight is 407 g/mol. The van der Waals surface area contributed by atoms with Gasteiger partial charge in [0.2, 0.25) is 0 Å². The van der Waals surface area contributed by atoms with Gasteiger partial charge in [0.15, 0.2) is 0 Å². The zero-order chi connectivity index (χ0) is 14.4. The molecule has 10 nitrogen and oxygen atoms in total. The van der Waals surface area contributed by atoms with Gasteiger partial charge in [-0.15, -0.1) is 0 Å². The molecular formula is C9H11BaN5O5. The number of aromatic nitrogens is 4. The van der Waals surface area contributed by atoms with Crippen molar-refractivity contribution in [3.05, 3.63) is 16.7 Å². The molecule has 0 aliphatic carbocycles. The van der Waals surface area contributed by atoms with Crippen LogP contribution in [0.2, 0.25) is 0 Å². The van der Waals surface area contributed by atoms with Crippen LogP contribution in [0.25, 0.3) is 11.2 Å². The number of rotatable bonds is 2. The third kappa shape index (κ3) is 2.22. The van der Waals surface area contributed by atoms with E-state index in [-0.39, 0.29) is 17.1 Å². The molecule has 0 unspecified atom stereocenters. The molecule has 1 aliphatic heterocycles. The number of nitrogens with zero attached hydrogens (tertiary/aromatic N) is 3. The SMILES string of the molecule is Nc1nc2c(ncn2[C@@H]2O[C@H]([Ba][OH])[C@@H](O)[C@H]2O)c(=O)[nH]1. The Morgan fingerprint density at radius 3 is 2.85 bits per heavy atom. The first-order valence-electron chi connectivity index (χ1n) is 5.87. The van der Waals surface area contributed by atoms with Gasteiger partial charge in [-0.25, -0.2) is 0 Å². The number of hydrogen-bond donors (Lipinski definition) is 5. The Morgan fingerprint density at radius 1 is 1.45 bits per heavy atom. The van der Waals surface area contributed by atoms with Gasteiger partial charge in [0.05, 0.1) is 0 Å². The Morgan fingerprint density at radius 2 is 2.20 bits per heavy atom. The summed E-state index contributed by atoms with van der Waals surface area (Å²) in [6.07, 6.45) is -2.06. The van der Waals surface area contributed by atoms with E-state index < -0.39 is 69.4 Å². The number of nitrogens with one attached hydrogen (secondary N) is 1. The number of aromatic amines is 1. The molecule has 1 fully saturated rings. The summed E-state index contributed by atoms with van der Waals surface area (Å²) in [5.74, 6) is -0.0870. The summed E-state index contributed by atoms with van der Waals surface area (Å²) >= 11 is -2.38. The summed E-state index contributed by atoms with van der Waals surface area (Å²) in [4.78, 5) is 21.8. The number of nitrogen functional groups attached to an aromatic ring is 1. The van der Waals surface area contributed by atoms with Crippen molar-refractivity contribution >= 4 is 62.0 Å². The van der Waals surface area contributed by atoms with Gasteiger partial charge >= 0.3 is 138 Å². The Balaban J connectivity index is 2.09. The van der Waals surface area contributed by atoms with Crippen LogP contribution in [0.3, 0.4) is 0 Å². The minimum atomic E-state index is -2.38. The molecule has 2 aromatic heterocycles. The summed E-state index contributed by atoms with van der Waals surface area (Å²) in [5, 5.41) is 19.8. The van der Waals surface area contributed by atoms with Crippen LogP contribution in [0.15, 0.2) is 11.1 Å². The molecule has 1 aliphatic rings. The number of anilines is 1. The van der Waals surface area contributed by atoms with Crippen molar-refractivity contribution in [2.45, 2.75) is 19.0 Å². The van der Waals surface area contributed by atoms with E-state index in [0.29, 0.717) is 0 Å². The number of aliphatic hydroxyl groups is 2. The van der Waals surface area contributed by atoms with Crippen molar-refractivity contribution in [3.8, 4) is 0 Å². The first-order chi connectivity index (χ1) is 9.52. The van der Waals surface area contributed by atoms with E-state index in [0.717, 1.165) is 0 Å². The molecule has 2 aromatic rings. The van der Waals surface area contributed by atoms with Crippen LogP contribution in [-0.2, 0) is 4.74 Å². The van der Waals surface area contributed by atoms with Crippen molar-refractivity contribution in [2.24, 2.45) is 0 Å². The van der Waals surface area contributed by atoms with Crippen LogP contribution in [0.4, 0.5) is 5.95 Å². The molecule has 0 spiro atoms. The van der Waals surface area contributed by atoms with Crippen LogP contribution < -0.4 is 11.3 Å². The van der Waals surface area contributed by atoms with Gasteiger partial charge in [0.25, 0.3) is 0 Å². The van der Waals surface area contributed by atoms with Crippen LogP contribution >= 0.6 is 0 Å². The molecule has 1 saturated heterocycles. The van der Waals surface area contributed by atoms with Crippen molar-refractivity contribution < 1.29 is 15.4 Å². The standard InChI is InChI=1S/C9H10N5O4.Ba.H2O/c10-9-12-6-4(7(17)13-9)11-2-14(6)8-5(16)3(15)1-18-8;;/h1-3,5,8,15-16H,(H3,10,12,13,17);;1H2/q;+1;/p-1/t3-,5-,8-;;/m1../s1. The molecule has 104 valence electrons. The third-order valence-corrected chi connectivity index (χ3v) is 6.49. The zero-order valence-corrected chi connectivity index (χ0v) is 14.6. The fraction of sp³-hybridized carbons (Fsp3) is 0.444. The van der Waals surface area contributed by atoms with Gasteiger partial charge in [-0.1, -0.05) is 0 Å². The first kappa shape index (κ1) is 14.5. The van der Waals surface area contributed by atoms with Gasteiger partial charge in [-0.2, -0.15) is 0 Å². The van der Waals surface area contributed by atoms with Crippen LogP contribution in [0.1, 0.15) is 6.23 Å². The molecule has 4 atom stereocenters. The number of hydrogen-bond acceptors (Lipinski definition) is 8. The number of nitrogens with two attached hydrogens (primary N) is 1. The molecule has 0 amide bonds. The van der Waals surface area contributed by atoms with Gasteiger partial charge < -0.3 is 0 Å². The number of H-pyrrole nitrogens is 1. The zero-order valence-electron chi connectivity index (χ0n) is 10.2. The monoisotopic (exact) mass is 407 g/mol. The number of ether oxygens (including phenoxy) is 1. The van der Waals surface area contributed by atoms with Crippen molar-refractivity contribution in [1.29, 1.82) is 0 Å². The van der Waals surface area contributed by atoms with E-state index in [1.807, 2.05) is 0 Å². The van der Waals surface area contributed by atoms with E-state index in [9.17, 15) is 15.4 Å². The van der Waals surface area contributed by atoms with Gasteiger partial charge in [-0.05, 0) is 0 Å². The molecule has 6 N–H and O–H groups in total. The fourth-order valence-corrected chi connectivity index (χ4v) is 4.68. The van der Waals surface area contributed by atoms with E-state index in [1.54, 1.807) is 0 Å². The fourth-order valence-electron chi connectivity index (χ4n) is 2.24. The summed E-state index contributed by atoms with van der Waals surface area (Å²) in [6, 6.07) is 0. The molecule has 0 aromatic carbocycles. The summed E-state index contributed by atoms with van der Waals surface area (Å²) < 4.78 is 15.4. The van der Waals surface area contributed by atoms with Crippen LogP contribution in [-0.4, -0.2) is 87.8 Å². The second kappa shape index (κ2) is 5.40. The number of aliphatic hydroxyl groups excluding tert-OH is 2. The number of imidazole rings is 1. The van der Waals surface area contributed by atoms with Crippen molar-refractivity contribution in [1.82, 2.24) is 19.5 Å². The van der Waals surface area contributed by atoms with E-state index in [2.05, 4.69) is 15.0 Å². The summed E-state index contributed by atoms with van der Waals surface area (Å²) in [5.41, 5.74) is 5.18. The normalized spacial score (nSPS) is 29.8. The molecule has 0 radical (unpaired) electrons. The quantitative estimate of drug-likeness (QED) is 0.328. The van der Waals surface area contributed by atoms with Crippen LogP contribution in [0.5, 0.6) is 0 Å². The maximum atomic E-state index is 11.7. The van der Waals surface area contributed by atoms with E-state index >= 15 is 0 Å². The molecule has 20 heavy (non-hydrogen) atoms. The summed E-state index contributed by atoms with van der Waals surface area (Å²) in [7, 11) is 0. The van der Waals surface area contributed by atoms with E-state index in [4.69, 9.17) is 10.5 Å². The molecule has 0 saturated carbocycles. The predicted molar refractivity (Wildman–Crippen MR) is 66.5 cm³/mol. The average Bonchev–Trinajstić information content (AvgIpc) is 2.93. The topological polar surface area (TPSA) is 160 Å². The maximum absolute atomic E-state index is 11.7. The van der Waals surface area contributed by atoms with Crippen molar-refractivity contribution in [3.63, 3.8) is 0 Å². The first-order valence-corrected chi connectivity index (χ1v) is 10.4. The van der Waals surface area contributed by atoms with Crippen molar-refractivity contribution in [2.75, 3.05) is 5.73 Å². The number of fused-ring (bicyclic) bond motifs is 1. The van der Waals surface area contributed by atoms with E-state index in [1.165, 1.54) is 10.9 Å². The van der Waals surface area contributed by atoms with Gasteiger partial charge in [0.1, 0.15) is 0 Å². The van der Waals surface area contributed by atoms with Crippen LogP contribution in [0, 0.1) is 0 Å². The minimum absolute atomic E-state index is 0.0570. The molecule has 11 heteroatoms. The predicted octanol–water partition coefficient (Wildman–Crippen LogP) is -3.11. The Bertz CT molecular complexity index is 702. The third-order valence-electron chi connectivity index (χ3n) is 3.24. The van der Waals surface area contributed by atoms with Gasteiger partial charge in [-0.3, -0.25) is 0 Å². The second-order valence-electron chi connectivity index (χ2n) is 4.50. The van der Waals surface area contributed by atoms with Gasteiger partial charge in [0, 0.05) is 0 Å².